The molecule has 62 valence electrons. The number of allylic oxidation sites excluding steroid dienone is 1. The van der Waals surface area contributed by atoms with E-state index in [0.717, 1.165) is 6.42 Å². The van der Waals surface area contributed by atoms with Gasteiger partial charge in [0.25, 0.3) is 0 Å². The van der Waals surface area contributed by atoms with E-state index in [1.807, 2.05) is 6.08 Å². The SMILES string of the molecule is CC1(C)C=C(CO)C(=O)CC1. The summed E-state index contributed by atoms with van der Waals surface area (Å²) in [5, 5.41) is 8.80. The van der Waals surface area contributed by atoms with Crippen LogP contribution in [0, 0.1) is 5.41 Å². The van der Waals surface area contributed by atoms with E-state index < -0.39 is 0 Å². The number of carbonyl (C=O) groups is 1. The summed E-state index contributed by atoms with van der Waals surface area (Å²) in [6.45, 7) is 4.05. The maximum Gasteiger partial charge on any atom is 0.160 e. The van der Waals surface area contributed by atoms with Gasteiger partial charge in [0.1, 0.15) is 0 Å². The summed E-state index contributed by atoms with van der Waals surface area (Å²) < 4.78 is 0. The molecule has 0 fully saturated rings. The summed E-state index contributed by atoms with van der Waals surface area (Å²) in [5.41, 5.74) is 0.674. The quantitative estimate of drug-likeness (QED) is 0.618. The van der Waals surface area contributed by atoms with Crippen molar-refractivity contribution in [3.63, 3.8) is 0 Å². The van der Waals surface area contributed by atoms with Crippen LogP contribution in [0.25, 0.3) is 0 Å². The third-order valence-corrected chi connectivity index (χ3v) is 2.09. The zero-order valence-electron chi connectivity index (χ0n) is 7.05. The van der Waals surface area contributed by atoms with Crippen molar-refractivity contribution in [1.82, 2.24) is 0 Å². The van der Waals surface area contributed by atoms with Crippen LogP contribution < -0.4 is 0 Å². The number of Topliss-reactive ketones (excluding diaryl/α,β-unsaturated/α-hetero) is 1. The highest BCUT2D eigenvalue weighted by atomic mass is 16.3. The standard InChI is InChI=1S/C9H14O2/c1-9(2)4-3-8(11)7(5-9)6-10/h5,10H,3-4,6H2,1-2H3. The number of hydrogen-bond acceptors (Lipinski definition) is 2. The average molecular weight is 154 g/mol. The van der Waals surface area contributed by atoms with Crippen molar-refractivity contribution in [1.29, 1.82) is 0 Å². The first-order chi connectivity index (χ1) is 5.05. The minimum absolute atomic E-state index is 0.0893. The molecule has 2 nitrogen and oxygen atoms in total. The molecule has 0 saturated carbocycles. The minimum Gasteiger partial charge on any atom is -0.392 e. The summed E-state index contributed by atoms with van der Waals surface area (Å²) in [6, 6.07) is 0. The Balaban J connectivity index is 2.86. The molecule has 0 saturated heterocycles. The van der Waals surface area contributed by atoms with Crippen molar-refractivity contribution >= 4 is 5.78 Å². The van der Waals surface area contributed by atoms with Gasteiger partial charge in [-0.05, 0) is 11.8 Å². The Bertz CT molecular complexity index is 202. The molecule has 0 aromatic heterocycles. The van der Waals surface area contributed by atoms with Crippen LogP contribution >= 0.6 is 0 Å². The van der Waals surface area contributed by atoms with E-state index in [4.69, 9.17) is 5.11 Å². The van der Waals surface area contributed by atoms with Gasteiger partial charge in [0.15, 0.2) is 5.78 Å². The van der Waals surface area contributed by atoms with Crippen molar-refractivity contribution < 1.29 is 9.90 Å². The van der Waals surface area contributed by atoms with Crippen LogP contribution in [0.15, 0.2) is 11.6 Å². The lowest BCUT2D eigenvalue weighted by molar-refractivity contribution is -0.117. The Kier molecular flexibility index (Phi) is 2.14. The molecule has 11 heavy (non-hydrogen) atoms. The van der Waals surface area contributed by atoms with Crippen molar-refractivity contribution in [2.24, 2.45) is 5.41 Å². The highest BCUT2D eigenvalue weighted by molar-refractivity contribution is 5.96. The van der Waals surface area contributed by atoms with Crippen LogP contribution in [0.4, 0.5) is 0 Å². The maximum absolute atomic E-state index is 11.1. The topological polar surface area (TPSA) is 37.3 Å². The summed E-state index contributed by atoms with van der Waals surface area (Å²) in [7, 11) is 0. The molecule has 0 spiro atoms. The Morgan fingerprint density at radius 3 is 2.73 bits per heavy atom. The second kappa shape index (κ2) is 2.78. The lowest BCUT2D eigenvalue weighted by Gasteiger charge is -2.25. The predicted molar refractivity (Wildman–Crippen MR) is 43.2 cm³/mol. The van der Waals surface area contributed by atoms with Crippen molar-refractivity contribution in [2.75, 3.05) is 6.61 Å². The fourth-order valence-electron chi connectivity index (χ4n) is 1.35. The van der Waals surface area contributed by atoms with Gasteiger partial charge < -0.3 is 5.11 Å². The van der Waals surface area contributed by atoms with Crippen molar-refractivity contribution in [3.05, 3.63) is 11.6 Å². The third-order valence-electron chi connectivity index (χ3n) is 2.09. The van der Waals surface area contributed by atoms with Gasteiger partial charge in [-0.2, -0.15) is 0 Å². The maximum atomic E-state index is 11.1. The molecule has 0 atom stereocenters. The number of ketones is 1. The molecule has 0 radical (unpaired) electrons. The Morgan fingerprint density at radius 2 is 2.27 bits per heavy atom. The van der Waals surface area contributed by atoms with Crippen LogP contribution in [0.2, 0.25) is 0 Å². The largest absolute Gasteiger partial charge is 0.392 e. The Morgan fingerprint density at radius 1 is 1.64 bits per heavy atom. The molecule has 0 aliphatic heterocycles. The fraction of sp³-hybridized carbons (Fsp3) is 0.667. The van der Waals surface area contributed by atoms with Crippen molar-refractivity contribution in [2.45, 2.75) is 26.7 Å². The summed E-state index contributed by atoms with van der Waals surface area (Å²) >= 11 is 0. The van der Waals surface area contributed by atoms with E-state index in [2.05, 4.69) is 13.8 Å². The molecular formula is C9H14O2. The van der Waals surface area contributed by atoms with Gasteiger partial charge in [0.2, 0.25) is 0 Å². The Labute approximate surface area is 66.9 Å². The number of hydrogen-bond donors (Lipinski definition) is 1. The van der Waals surface area contributed by atoms with E-state index in [-0.39, 0.29) is 17.8 Å². The Hall–Kier alpha value is -0.630. The third kappa shape index (κ3) is 1.90. The van der Waals surface area contributed by atoms with Gasteiger partial charge in [0, 0.05) is 12.0 Å². The number of carbonyl (C=O) groups excluding carboxylic acids is 1. The van der Waals surface area contributed by atoms with E-state index >= 15 is 0 Å². The highest BCUT2D eigenvalue weighted by Gasteiger charge is 2.24. The summed E-state index contributed by atoms with van der Waals surface area (Å²) in [4.78, 5) is 11.1. The first kappa shape index (κ1) is 8.47. The van der Waals surface area contributed by atoms with E-state index in [9.17, 15) is 4.79 Å². The van der Waals surface area contributed by atoms with Crippen LogP contribution in [0.1, 0.15) is 26.7 Å². The fourth-order valence-corrected chi connectivity index (χ4v) is 1.35. The van der Waals surface area contributed by atoms with Crippen LogP contribution in [0.5, 0.6) is 0 Å². The number of rotatable bonds is 1. The molecular weight excluding hydrogens is 140 g/mol. The minimum atomic E-state index is -0.109. The van der Waals surface area contributed by atoms with E-state index in [1.54, 1.807) is 0 Å². The van der Waals surface area contributed by atoms with E-state index in [0.29, 0.717) is 12.0 Å². The molecule has 1 rings (SSSR count). The van der Waals surface area contributed by atoms with Crippen LogP contribution in [-0.2, 0) is 4.79 Å². The zero-order chi connectivity index (χ0) is 8.48. The number of aliphatic hydroxyl groups excluding tert-OH is 1. The average Bonchev–Trinajstić information content (AvgIpc) is 1.94. The molecule has 1 aliphatic rings. The summed E-state index contributed by atoms with van der Waals surface area (Å²) in [5.74, 6) is 0.104. The molecule has 1 aliphatic carbocycles. The molecule has 0 unspecified atom stereocenters. The second-order valence-corrected chi connectivity index (χ2v) is 3.74. The van der Waals surface area contributed by atoms with Gasteiger partial charge in [0.05, 0.1) is 6.61 Å². The van der Waals surface area contributed by atoms with Crippen LogP contribution in [-0.4, -0.2) is 17.5 Å². The molecule has 1 N–H and O–H groups in total. The smallest absolute Gasteiger partial charge is 0.160 e. The molecule has 0 aromatic rings. The van der Waals surface area contributed by atoms with Gasteiger partial charge in [-0.15, -0.1) is 0 Å². The predicted octanol–water partition coefficient (Wildman–Crippen LogP) is 1.29. The zero-order valence-corrected chi connectivity index (χ0v) is 7.05. The van der Waals surface area contributed by atoms with Gasteiger partial charge in [-0.1, -0.05) is 19.9 Å². The van der Waals surface area contributed by atoms with Crippen molar-refractivity contribution in [3.8, 4) is 0 Å². The van der Waals surface area contributed by atoms with Gasteiger partial charge in [-0.3, -0.25) is 4.79 Å². The molecule has 0 heterocycles. The lowest BCUT2D eigenvalue weighted by atomic mass is 9.79. The monoisotopic (exact) mass is 154 g/mol. The second-order valence-electron chi connectivity index (χ2n) is 3.74. The molecule has 0 aromatic carbocycles. The van der Waals surface area contributed by atoms with Gasteiger partial charge >= 0.3 is 0 Å². The summed E-state index contributed by atoms with van der Waals surface area (Å²) in [6.07, 6.45) is 3.37. The molecule has 2 heteroatoms. The molecule has 0 bridgehead atoms. The normalized spacial score (nSPS) is 23.2. The highest BCUT2D eigenvalue weighted by Crippen LogP contribution is 2.30. The first-order valence-electron chi connectivity index (χ1n) is 3.91. The molecule has 0 amide bonds. The first-order valence-corrected chi connectivity index (χ1v) is 3.91. The van der Waals surface area contributed by atoms with Crippen LogP contribution in [0.3, 0.4) is 0 Å². The van der Waals surface area contributed by atoms with E-state index in [1.165, 1.54) is 0 Å². The number of aliphatic hydroxyl groups is 1. The lowest BCUT2D eigenvalue weighted by Crippen LogP contribution is -2.21. The van der Waals surface area contributed by atoms with Gasteiger partial charge in [-0.25, -0.2) is 0 Å².